The average molecular weight is 337 g/mol. The summed E-state index contributed by atoms with van der Waals surface area (Å²) in [6.07, 6.45) is 5.24. The summed E-state index contributed by atoms with van der Waals surface area (Å²) in [5, 5.41) is 0. The fourth-order valence-electron chi connectivity index (χ4n) is 1.75. The number of para-hydroxylation sites is 1. The number of thioether (sulfide) groups is 1. The Morgan fingerprint density at radius 3 is 2.74 bits per heavy atom. The highest BCUT2D eigenvalue weighted by atomic mass is 79.9. The number of rotatable bonds is 3. The Balaban J connectivity index is 2.37. The third-order valence-corrected chi connectivity index (χ3v) is 4.17. The first kappa shape index (κ1) is 14.1. The molecule has 0 aliphatic heterocycles. The SMILES string of the molecule is CSc1ccccc1N(C)C(=O)c1ccncc1Br. The van der Waals surface area contributed by atoms with Gasteiger partial charge in [-0.05, 0) is 40.4 Å². The first-order valence-electron chi connectivity index (χ1n) is 5.65. The Bertz CT molecular complexity index is 604. The second-order valence-electron chi connectivity index (χ2n) is 3.89. The van der Waals surface area contributed by atoms with Gasteiger partial charge in [-0.1, -0.05) is 12.1 Å². The molecular weight excluding hydrogens is 324 g/mol. The number of hydrogen-bond acceptors (Lipinski definition) is 3. The molecule has 0 saturated carbocycles. The predicted molar refractivity (Wildman–Crippen MR) is 82.9 cm³/mol. The summed E-state index contributed by atoms with van der Waals surface area (Å²) in [5.41, 5.74) is 1.51. The van der Waals surface area contributed by atoms with Gasteiger partial charge in [-0.15, -0.1) is 11.8 Å². The van der Waals surface area contributed by atoms with Gasteiger partial charge in [0.1, 0.15) is 0 Å². The summed E-state index contributed by atoms with van der Waals surface area (Å²) < 4.78 is 0.702. The molecule has 0 bridgehead atoms. The lowest BCUT2D eigenvalue weighted by Crippen LogP contribution is -2.27. The smallest absolute Gasteiger partial charge is 0.259 e. The van der Waals surface area contributed by atoms with E-state index in [1.165, 1.54) is 0 Å². The second-order valence-corrected chi connectivity index (χ2v) is 5.59. The van der Waals surface area contributed by atoms with E-state index in [2.05, 4.69) is 20.9 Å². The molecule has 0 spiro atoms. The zero-order chi connectivity index (χ0) is 13.8. The monoisotopic (exact) mass is 336 g/mol. The van der Waals surface area contributed by atoms with Crippen LogP contribution in [-0.2, 0) is 0 Å². The molecule has 5 heteroatoms. The van der Waals surface area contributed by atoms with Gasteiger partial charge in [-0.2, -0.15) is 0 Å². The molecule has 0 saturated heterocycles. The van der Waals surface area contributed by atoms with Gasteiger partial charge < -0.3 is 4.90 Å². The summed E-state index contributed by atoms with van der Waals surface area (Å²) in [6.45, 7) is 0. The normalized spacial score (nSPS) is 10.3. The lowest BCUT2D eigenvalue weighted by atomic mass is 10.2. The van der Waals surface area contributed by atoms with Crippen molar-refractivity contribution in [1.29, 1.82) is 0 Å². The molecule has 0 aliphatic rings. The van der Waals surface area contributed by atoms with Gasteiger partial charge in [-0.25, -0.2) is 0 Å². The summed E-state index contributed by atoms with van der Waals surface area (Å²) in [5.74, 6) is -0.0595. The van der Waals surface area contributed by atoms with Gasteiger partial charge in [-0.3, -0.25) is 9.78 Å². The molecule has 1 aromatic carbocycles. The van der Waals surface area contributed by atoms with Crippen LogP contribution in [0.3, 0.4) is 0 Å². The van der Waals surface area contributed by atoms with Gasteiger partial charge in [0.15, 0.2) is 0 Å². The Morgan fingerprint density at radius 1 is 1.32 bits per heavy atom. The number of amides is 1. The molecule has 0 fully saturated rings. The van der Waals surface area contributed by atoms with Crippen molar-refractivity contribution >= 4 is 39.3 Å². The van der Waals surface area contributed by atoms with Crippen LogP contribution in [0, 0.1) is 0 Å². The van der Waals surface area contributed by atoms with E-state index in [4.69, 9.17) is 0 Å². The Kier molecular flexibility index (Phi) is 4.61. The molecule has 2 aromatic rings. The number of carbonyl (C=O) groups excluding carboxylic acids is 1. The zero-order valence-electron chi connectivity index (χ0n) is 10.6. The molecule has 0 aliphatic carbocycles. The van der Waals surface area contributed by atoms with E-state index in [9.17, 15) is 4.79 Å². The minimum Gasteiger partial charge on any atom is -0.310 e. The first-order chi connectivity index (χ1) is 9.15. The van der Waals surface area contributed by atoms with Gasteiger partial charge >= 0.3 is 0 Å². The highest BCUT2D eigenvalue weighted by Gasteiger charge is 2.18. The fourth-order valence-corrected chi connectivity index (χ4v) is 2.79. The van der Waals surface area contributed by atoms with Crippen LogP contribution in [0.25, 0.3) is 0 Å². The molecule has 0 unspecified atom stereocenters. The van der Waals surface area contributed by atoms with E-state index in [0.717, 1.165) is 10.6 Å². The van der Waals surface area contributed by atoms with Crippen LogP contribution in [0.1, 0.15) is 10.4 Å². The molecule has 0 radical (unpaired) electrons. The molecule has 98 valence electrons. The maximum Gasteiger partial charge on any atom is 0.259 e. The summed E-state index contributed by atoms with van der Waals surface area (Å²) in [4.78, 5) is 19.2. The Hall–Kier alpha value is -1.33. The Morgan fingerprint density at radius 2 is 2.05 bits per heavy atom. The van der Waals surface area contributed by atoms with Crippen molar-refractivity contribution in [1.82, 2.24) is 4.98 Å². The standard InChI is InChI=1S/C14H13BrN2OS/c1-17(12-5-3-4-6-13(12)19-2)14(18)10-7-8-16-9-11(10)15/h3-9H,1-2H3. The van der Waals surface area contributed by atoms with Crippen LogP contribution in [0.4, 0.5) is 5.69 Å². The van der Waals surface area contributed by atoms with E-state index in [0.29, 0.717) is 10.0 Å². The van der Waals surface area contributed by atoms with E-state index in [1.807, 2.05) is 30.5 Å². The lowest BCUT2D eigenvalue weighted by Gasteiger charge is -2.20. The van der Waals surface area contributed by atoms with Crippen LogP contribution >= 0.6 is 27.7 Å². The largest absolute Gasteiger partial charge is 0.310 e. The average Bonchev–Trinajstić information content (AvgIpc) is 2.46. The number of hydrogen-bond donors (Lipinski definition) is 0. The van der Waals surface area contributed by atoms with E-state index in [1.54, 1.807) is 42.2 Å². The number of nitrogens with zero attached hydrogens (tertiary/aromatic N) is 2. The highest BCUT2D eigenvalue weighted by Crippen LogP contribution is 2.29. The number of benzene rings is 1. The van der Waals surface area contributed by atoms with Crippen molar-refractivity contribution in [2.24, 2.45) is 0 Å². The van der Waals surface area contributed by atoms with Crippen LogP contribution in [0.5, 0.6) is 0 Å². The summed E-state index contributed by atoms with van der Waals surface area (Å²) in [6, 6.07) is 9.56. The van der Waals surface area contributed by atoms with Crippen molar-refractivity contribution in [3.05, 3.63) is 52.8 Å². The lowest BCUT2D eigenvalue weighted by molar-refractivity contribution is 0.0991. The van der Waals surface area contributed by atoms with E-state index in [-0.39, 0.29) is 5.91 Å². The topological polar surface area (TPSA) is 33.2 Å². The molecule has 19 heavy (non-hydrogen) atoms. The maximum atomic E-state index is 12.5. The molecule has 3 nitrogen and oxygen atoms in total. The first-order valence-corrected chi connectivity index (χ1v) is 7.67. The molecule has 1 aromatic heterocycles. The number of carbonyl (C=O) groups is 1. The third kappa shape index (κ3) is 2.98. The van der Waals surface area contributed by atoms with E-state index < -0.39 is 0 Å². The number of pyridine rings is 1. The predicted octanol–water partition coefficient (Wildman–Crippen LogP) is 3.84. The van der Waals surface area contributed by atoms with Crippen molar-refractivity contribution in [2.75, 3.05) is 18.2 Å². The minimum atomic E-state index is -0.0595. The van der Waals surface area contributed by atoms with Crippen molar-refractivity contribution in [2.45, 2.75) is 4.90 Å². The molecule has 1 heterocycles. The summed E-state index contributed by atoms with van der Waals surface area (Å²) in [7, 11) is 1.78. The number of halogens is 1. The van der Waals surface area contributed by atoms with Crippen LogP contribution in [-0.4, -0.2) is 24.2 Å². The quantitative estimate of drug-likeness (QED) is 0.798. The Labute approximate surface area is 125 Å². The van der Waals surface area contributed by atoms with Crippen molar-refractivity contribution in [3.63, 3.8) is 0 Å². The molecule has 1 amide bonds. The number of aromatic nitrogens is 1. The van der Waals surface area contributed by atoms with Gasteiger partial charge in [0.05, 0.1) is 11.3 Å². The van der Waals surface area contributed by atoms with Gasteiger partial charge in [0, 0.05) is 28.8 Å². The fraction of sp³-hybridized carbons (Fsp3) is 0.143. The minimum absolute atomic E-state index is 0.0595. The molecule has 0 N–H and O–H groups in total. The van der Waals surface area contributed by atoms with Crippen molar-refractivity contribution < 1.29 is 4.79 Å². The van der Waals surface area contributed by atoms with Crippen LogP contribution in [0.2, 0.25) is 0 Å². The van der Waals surface area contributed by atoms with Crippen molar-refractivity contribution in [3.8, 4) is 0 Å². The maximum absolute atomic E-state index is 12.5. The van der Waals surface area contributed by atoms with Crippen LogP contribution < -0.4 is 4.90 Å². The third-order valence-electron chi connectivity index (χ3n) is 2.75. The van der Waals surface area contributed by atoms with Gasteiger partial charge in [0.2, 0.25) is 0 Å². The molecule has 0 atom stereocenters. The van der Waals surface area contributed by atoms with E-state index >= 15 is 0 Å². The molecular formula is C14H13BrN2OS. The number of anilines is 1. The van der Waals surface area contributed by atoms with Gasteiger partial charge in [0.25, 0.3) is 5.91 Å². The highest BCUT2D eigenvalue weighted by molar-refractivity contribution is 9.10. The zero-order valence-corrected chi connectivity index (χ0v) is 13.0. The summed E-state index contributed by atoms with van der Waals surface area (Å²) >= 11 is 4.98. The second kappa shape index (κ2) is 6.21. The molecule has 2 rings (SSSR count). The van der Waals surface area contributed by atoms with Crippen LogP contribution in [0.15, 0.2) is 52.1 Å².